The third-order valence-electron chi connectivity index (χ3n) is 2.71. The van der Waals surface area contributed by atoms with Crippen LogP contribution < -0.4 is 0 Å². The van der Waals surface area contributed by atoms with Crippen LogP contribution in [0, 0.1) is 0 Å². The molecule has 2 unspecified atom stereocenters. The molecular weight excluding hydrogens is 224 g/mol. The Balaban J connectivity index is 2.73. The number of alkyl halides is 1. The van der Waals surface area contributed by atoms with Crippen molar-refractivity contribution in [3.63, 3.8) is 0 Å². The molecule has 0 aliphatic carbocycles. The molecule has 0 saturated carbocycles. The molecule has 3 heteroatoms. The Morgan fingerprint density at radius 2 is 1.56 bits per heavy atom. The Labute approximate surface area is 102 Å². The Bertz CT molecular complexity index is 308. The normalized spacial score (nSPS) is 15.1. The van der Waals surface area contributed by atoms with Crippen LogP contribution >= 0.6 is 11.6 Å². The van der Waals surface area contributed by atoms with Crippen LogP contribution in [0.3, 0.4) is 0 Å². The third-order valence-corrected chi connectivity index (χ3v) is 2.93. The van der Waals surface area contributed by atoms with Gasteiger partial charge >= 0.3 is 0 Å². The molecule has 0 radical (unpaired) electrons. The zero-order chi connectivity index (χ0) is 12.1. The Morgan fingerprint density at radius 3 is 2.00 bits per heavy atom. The maximum Gasteiger partial charge on any atom is 0.105 e. The third kappa shape index (κ3) is 3.48. The minimum absolute atomic E-state index is 0.350. The zero-order valence-corrected chi connectivity index (χ0v) is 10.5. The quantitative estimate of drug-likeness (QED) is 0.780. The summed E-state index contributed by atoms with van der Waals surface area (Å²) < 4.78 is 0. The SMILES string of the molecule is CC(C)c1ccc(C(O)C(O)CCCl)cc1. The summed E-state index contributed by atoms with van der Waals surface area (Å²) in [6.07, 6.45) is -1.24. The van der Waals surface area contributed by atoms with Crippen LogP contribution in [-0.4, -0.2) is 22.2 Å². The smallest absolute Gasteiger partial charge is 0.105 e. The van der Waals surface area contributed by atoms with E-state index in [0.717, 1.165) is 5.56 Å². The van der Waals surface area contributed by atoms with Gasteiger partial charge < -0.3 is 10.2 Å². The van der Waals surface area contributed by atoms with Crippen molar-refractivity contribution in [3.8, 4) is 0 Å². The van der Waals surface area contributed by atoms with Gasteiger partial charge in [-0.15, -0.1) is 11.6 Å². The lowest BCUT2D eigenvalue weighted by atomic mass is 9.97. The molecule has 1 aromatic rings. The largest absolute Gasteiger partial charge is 0.390 e. The van der Waals surface area contributed by atoms with Crippen molar-refractivity contribution in [1.82, 2.24) is 0 Å². The fourth-order valence-electron chi connectivity index (χ4n) is 1.57. The van der Waals surface area contributed by atoms with E-state index in [-0.39, 0.29) is 0 Å². The molecule has 16 heavy (non-hydrogen) atoms. The molecule has 0 amide bonds. The summed E-state index contributed by atoms with van der Waals surface area (Å²) in [6.45, 7) is 4.24. The lowest BCUT2D eigenvalue weighted by Crippen LogP contribution is -2.18. The highest BCUT2D eigenvalue weighted by Crippen LogP contribution is 2.22. The summed E-state index contributed by atoms with van der Waals surface area (Å²) in [5.41, 5.74) is 1.96. The van der Waals surface area contributed by atoms with E-state index < -0.39 is 12.2 Å². The van der Waals surface area contributed by atoms with Gasteiger partial charge in [0.25, 0.3) is 0 Å². The van der Waals surface area contributed by atoms with Gasteiger partial charge in [0.05, 0.1) is 6.10 Å². The van der Waals surface area contributed by atoms with Crippen molar-refractivity contribution in [2.24, 2.45) is 0 Å². The molecule has 2 atom stereocenters. The van der Waals surface area contributed by atoms with Crippen molar-refractivity contribution in [1.29, 1.82) is 0 Å². The van der Waals surface area contributed by atoms with Crippen LogP contribution in [0.2, 0.25) is 0 Å². The average molecular weight is 243 g/mol. The van der Waals surface area contributed by atoms with E-state index in [1.54, 1.807) is 0 Å². The van der Waals surface area contributed by atoms with Gasteiger partial charge in [0.15, 0.2) is 0 Å². The van der Waals surface area contributed by atoms with Crippen molar-refractivity contribution in [3.05, 3.63) is 35.4 Å². The van der Waals surface area contributed by atoms with Gasteiger partial charge in [0.2, 0.25) is 0 Å². The summed E-state index contributed by atoms with van der Waals surface area (Å²) in [7, 11) is 0. The molecule has 0 aromatic heterocycles. The average Bonchev–Trinajstić information content (AvgIpc) is 2.28. The molecular formula is C13H19ClO2. The Morgan fingerprint density at radius 1 is 1.06 bits per heavy atom. The van der Waals surface area contributed by atoms with Gasteiger partial charge in [-0.1, -0.05) is 38.1 Å². The van der Waals surface area contributed by atoms with Gasteiger partial charge in [-0.2, -0.15) is 0 Å². The number of aliphatic hydroxyl groups is 2. The fraction of sp³-hybridized carbons (Fsp3) is 0.538. The topological polar surface area (TPSA) is 40.5 Å². The van der Waals surface area contributed by atoms with E-state index in [4.69, 9.17) is 11.6 Å². The van der Waals surface area contributed by atoms with E-state index >= 15 is 0 Å². The molecule has 2 N–H and O–H groups in total. The minimum atomic E-state index is -0.847. The highest BCUT2D eigenvalue weighted by molar-refractivity contribution is 6.17. The maximum absolute atomic E-state index is 9.84. The molecule has 0 bridgehead atoms. The standard InChI is InChI=1S/C13H19ClO2/c1-9(2)10-3-5-11(6-4-10)13(16)12(15)7-8-14/h3-6,9,12-13,15-16H,7-8H2,1-2H3. The number of rotatable bonds is 5. The maximum atomic E-state index is 9.84. The molecule has 0 aliphatic rings. The second-order valence-corrected chi connectivity index (χ2v) is 4.69. The second kappa shape index (κ2) is 6.24. The van der Waals surface area contributed by atoms with Crippen LogP contribution in [0.25, 0.3) is 0 Å². The molecule has 0 spiro atoms. The minimum Gasteiger partial charge on any atom is -0.390 e. The number of benzene rings is 1. The summed E-state index contributed by atoms with van der Waals surface area (Å²) in [4.78, 5) is 0. The number of hydrogen-bond acceptors (Lipinski definition) is 2. The first-order chi connectivity index (χ1) is 7.56. The summed E-state index contributed by atoms with van der Waals surface area (Å²) >= 11 is 5.52. The van der Waals surface area contributed by atoms with Crippen molar-refractivity contribution >= 4 is 11.6 Å². The Kier molecular flexibility index (Phi) is 5.26. The predicted octanol–water partition coefficient (Wildman–Crippen LogP) is 2.83. The fourth-order valence-corrected chi connectivity index (χ4v) is 1.79. The zero-order valence-electron chi connectivity index (χ0n) is 9.73. The van der Waals surface area contributed by atoms with Gasteiger partial charge in [-0.25, -0.2) is 0 Å². The van der Waals surface area contributed by atoms with Gasteiger partial charge in [-0.3, -0.25) is 0 Å². The van der Waals surface area contributed by atoms with Crippen LogP contribution in [-0.2, 0) is 0 Å². The molecule has 1 rings (SSSR count). The number of hydrogen-bond donors (Lipinski definition) is 2. The molecule has 0 heterocycles. The lowest BCUT2D eigenvalue weighted by Gasteiger charge is -2.17. The summed E-state index contributed by atoms with van der Waals surface area (Å²) in [6, 6.07) is 7.68. The van der Waals surface area contributed by atoms with E-state index in [0.29, 0.717) is 18.2 Å². The molecule has 1 aromatic carbocycles. The number of halogens is 1. The first kappa shape index (κ1) is 13.5. The van der Waals surface area contributed by atoms with E-state index in [1.165, 1.54) is 5.56 Å². The van der Waals surface area contributed by atoms with E-state index in [9.17, 15) is 10.2 Å². The molecule has 90 valence electrons. The van der Waals surface area contributed by atoms with Gasteiger partial charge in [-0.05, 0) is 23.5 Å². The first-order valence-corrected chi connectivity index (χ1v) is 6.11. The summed E-state index contributed by atoms with van der Waals surface area (Å²) in [5.74, 6) is 0.821. The predicted molar refractivity (Wildman–Crippen MR) is 66.8 cm³/mol. The van der Waals surface area contributed by atoms with Gasteiger partial charge in [0, 0.05) is 5.88 Å². The molecule has 0 saturated heterocycles. The van der Waals surface area contributed by atoms with Crippen LogP contribution in [0.5, 0.6) is 0 Å². The number of aliphatic hydroxyl groups excluding tert-OH is 2. The van der Waals surface area contributed by atoms with E-state index in [1.807, 2.05) is 24.3 Å². The highest BCUT2D eigenvalue weighted by Gasteiger charge is 2.17. The molecule has 0 aliphatic heterocycles. The van der Waals surface area contributed by atoms with Crippen molar-refractivity contribution in [2.75, 3.05) is 5.88 Å². The second-order valence-electron chi connectivity index (χ2n) is 4.31. The molecule has 2 nitrogen and oxygen atoms in total. The van der Waals surface area contributed by atoms with Crippen molar-refractivity contribution in [2.45, 2.75) is 38.4 Å². The van der Waals surface area contributed by atoms with Crippen molar-refractivity contribution < 1.29 is 10.2 Å². The monoisotopic (exact) mass is 242 g/mol. The first-order valence-electron chi connectivity index (χ1n) is 5.58. The van der Waals surface area contributed by atoms with Gasteiger partial charge in [0.1, 0.15) is 6.10 Å². The lowest BCUT2D eigenvalue weighted by molar-refractivity contribution is 0.0170. The Hall–Kier alpha value is -0.570. The van der Waals surface area contributed by atoms with Crippen LogP contribution in [0.4, 0.5) is 0 Å². The summed E-state index contributed by atoms with van der Waals surface area (Å²) in [5, 5.41) is 19.5. The van der Waals surface area contributed by atoms with Crippen LogP contribution in [0.15, 0.2) is 24.3 Å². The molecule has 0 fully saturated rings. The van der Waals surface area contributed by atoms with Crippen LogP contribution in [0.1, 0.15) is 43.4 Å². The highest BCUT2D eigenvalue weighted by atomic mass is 35.5. The van der Waals surface area contributed by atoms with E-state index in [2.05, 4.69) is 13.8 Å².